The zero-order chi connectivity index (χ0) is 13.7. The molecular formula is C16H36NO+. The molecule has 0 aromatic carbocycles. The van der Waals surface area contributed by atoms with E-state index in [4.69, 9.17) is 4.74 Å². The van der Waals surface area contributed by atoms with Gasteiger partial charge in [0, 0.05) is 6.61 Å². The molecule has 0 amide bonds. The predicted octanol–water partition coefficient (Wildman–Crippen LogP) is 4.24. The van der Waals surface area contributed by atoms with Crippen molar-refractivity contribution in [3.05, 3.63) is 0 Å². The Hall–Kier alpha value is -0.0800. The lowest BCUT2D eigenvalue weighted by Crippen LogP contribution is -2.51. The molecule has 0 aromatic heterocycles. The van der Waals surface area contributed by atoms with Crippen molar-refractivity contribution in [2.24, 2.45) is 0 Å². The molecule has 0 saturated heterocycles. The molecule has 0 fully saturated rings. The van der Waals surface area contributed by atoms with E-state index >= 15 is 0 Å². The molecule has 0 aliphatic carbocycles. The number of unbranched alkanes of at least 4 members (excludes halogenated alkanes) is 3. The molecular weight excluding hydrogens is 222 g/mol. The molecule has 0 radical (unpaired) electrons. The summed E-state index contributed by atoms with van der Waals surface area (Å²) in [6.45, 7) is 16.2. The van der Waals surface area contributed by atoms with Gasteiger partial charge < -0.3 is 9.22 Å². The second kappa shape index (κ2) is 12.0. The molecule has 0 heterocycles. The fourth-order valence-corrected chi connectivity index (χ4v) is 2.59. The van der Waals surface area contributed by atoms with Crippen LogP contribution in [-0.4, -0.2) is 43.9 Å². The first-order valence-corrected chi connectivity index (χ1v) is 8.17. The molecule has 0 aromatic rings. The van der Waals surface area contributed by atoms with Crippen molar-refractivity contribution in [1.29, 1.82) is 0 Å². The van der Waals surface area contributed by atoms with Crippen molar-refractivity contribution < 1.29 is 9.22 Å². The monoisotopic (exact) mass is 258 g/mol. The van der Waals surface area contributed by atoms with Crippen molar-refractivity contribution in [3.8, 4) is 0 Å². The van der Waals surface area contributed by atoms with Gasteiger partial charge in [-0.1, -0.05) is 40.0 Å². The van der Waals surface area contributed by atoms with Crippen LogP contribution in [0.25, 0.3) is 0 Å². The highest BCUT2D eigenvalue weighted by atomic mass is 16.5. The standard InChI is InChI=1S/C16H36NO/c1-5-9-11-15-18-16-14-17(8-4,12-7-3)13-10-6-2/h5-16H2,1-4H3/q+1. The molecule has 0 bridgehead atoms. The zero-order valence-electron chi connectivity index (χ0n) is 13.3. The van der Waals surface area contributed by atoms with Crippen LogP contribution < -0.4 is 0 Å². The Morgan fingerprint density at radius 1 is 0.667 bits per heavy atom. The number of nitrogens with zero attached hydrogens (tertiary/aromatic N) is 1. The van der Waals surface area contributed by atoms with Gasteiger partial charge in [-0.05, 0) is 26.2 Å². The quantitative estimate of drug-likeness (QED) is 0.355. The maximum Gasteiger partial charge on any atom is 0.102 e. The lowest BCUT2D eigenvalue weighted by molar-refractivity contribution is -0.927. The summed E-state index contributed by atoms with van der Waals surface area (Å²) in [4.78, 5) is 0. The summed E-state index contributed by atoms with van der Waals surface area (Å²) in [6.07, 6.45) is 7.76. The SMILES string of the molecule is CCCCCOCC[N+](CC)(CCC)CCCC. The van der Waals surface area contributed by atoms with Crippen LogP contribution in [0.2, 0.25) is 0 Å². The first kappa shape index (κ1) is 17.9. The molecule has 0 rings (SSSR count). The average molecular weight is 258 g/mol. The minimum Gasteiger partial charge on any atom is -0.376 e. The van der Waals surface area contributed by atoms with Crippen molar-refractivity contribution in [1.82, 2.24) is 0 Å². The van der Waals surface area contributed by atoms with Crippen LogP contribution in [0.15, 0.2) is 0 Å². The summed E-state index contributed by atoms with van der Waals surface area (Å²) < 4.78 is 7.07. The van der Waals surface area contributed by atoms with Gasteiger partial charge in [-0.15, -0.1) is 0 Å². The third kappa shape index (κ3) is 8.10. The Morgan fingerprint density at radius 2 is 1.39 bits per heavy atom. The molecule has 110 valence electrons. The van der Waals surface area contributed by atoms with E-state index in [1.165, 1.54) is 69.2 Å². The van der Waals surface area contributed by atoms with Crippen molar-refractivity contribution in [2.75, 3.05) is 39.4 Å². The van der Waals surface area contributed by atoms with E-state index in [0.717, 1.165) is 13.2 Å². The van der Waals surface area contributed by atoms with Gasteiger partial charge in [0.2, 0.25) is 0 Å². The molecule has 0 aliphatic heterocycles. The zero-order valence-corrected chi connectivity index (χ0v) is 13.3. The van der Waals surface area contributed by atoms with Crippen LogP contribution in [0.1, 0.15) is 66.2 Å². The van der Waals surface area contributed by atoms with Gasteiger partial charge in [0.25, 0.3) is 0 Å². The van der Waals surface area contributed by atoms with Gasteiger partial charge in [0.1, 0.15) is 6.54 Å². The molecule has 18 heavy (non-hydrogen) atoms. The molecule has 0 N–H and O–H groups in total. The Morgan fingerprint density at radius 3 is 1.94 bits per heavy atom. The summed E-state index contributed by atoms with van der Waals surface area (Å²) in [5, 5.41) is 0. The molecule has 1 unspecified atom stereocenters. The molecule has 1 atom stereocenters. The number of quaternary nitrogens is 1. The van der Waals surface area contributed by atoms with Gasteiger partial charge in [-0.2, -0.15) is 0 Å². The van der Waals surface area contributed by atoms with Gasteiger partial charge >= 0.3 is 0 Å². The minimum absolute atomic E-state index is 0.946. The van der Waals surface area contributed by atoms with Crippen molar-refractivity contribution in [2.45, 2.75) is 66.2 Å². The second-order valence-corrected chi connectivity index (χ2v) is 5.50. The maximum atomic E-state index is 5.80. The molecule has 2 heteroatoms. The topological polar surface area (TPSA) is 9.23 Å². The van der Waals surface area contributed by atoms with Gasteiger partial charge in [0.15, 0.2) is 0 Å². The van der Waals surface area contributed by atoms with Crippen LogP contribution >= 0.6 is 0 Å². The molecule has 2 nitrogen and oxygen atoms in total. The summed E-state index contributed by atoms with van der Waals surface area (Å²) >= 11 is 0. The highest BCUT2D eigenvalue weighted by molar-refractivity contribution is 4.45. The summed E-state index contributed by atoms with van der Waals surface area (Å²) in [5.74, 6) is 0. The highest BCUT2D eigenvalue weighted by Crippen LogP contribution is 2.11. The number of hydrogen-bond donors (Lipinski definition) is 0. The van der Waals surface area contributed by atoms with E-state index < -0.39 is 0 Å². The Bertz CT molecular complexity index is 172. The van der Waals surface area contributed by atoms with Gasteiger partial charge in [-0.3, -0.25) is 0 Å². The fraction of sp³-hybridized carbons (Fsp3) is 1.00. The van der Waals surface area contributed by atoms with Gasteiger partial charge in [0.05, 0.1) is 26.2 Å². The summed E-state index contributed by atoms with van der Waals surface area (Å²) in [5.41, 5.74) is 0. The van der Waals surface area contributed by atoms with Crippen LogP contribution in [0.3, 0.4) is 0 Å². The average Bonchev–Trinajstić information content (AvgIpc) is 2.40. The van der Waals surface area contributed by atoms with Crippen molar-refractivity contribution in [3.63, 3.8) is 0 Å². The lowest BCUT2D eigenvalue weighted by Gasteiger charge is -2.37. The number of rotatable bonds is 13. The number of hydrogen-bond acceptors (Lipinski definition) is 1. The third-order valence-corrected chi connectivity index (χ3v) is 3.96. The van der Waals surface area contributed by atoms with E-state index in [-0.39, 0.29) is 0 Å². The smallest absolute Gasteiger partial charge is 0.102 e. The van der Waals surface area contributed by atoms with Gasteiger partial charge in [-0.25, -0.2) is 0 Å². The van der Waals surface area contributed by atoms with E-state index in [0.29, 0.717) is 0 Å². The largest absolute Gasteiger partial charge is 0.376 e. The molecule has 0 spiro atoms. The number of likely N-dealkylation sites (N-methyl/N-ethyl adjacent to an activating group) is 1. The van der Waals surface area contributed by atoms with Crippen LogP contribution in [0.5, 0.6) is 0 Å². The minimum atomic E-state index is 0.946. The van der Waals surface area contributed by atoms with E-state index in [2.05, 4.69) is 27.7 Å². The van der Waals surface area contributed by atoms with Crippen LogP contribution in [0.4, 0.5) is 0 Å². The fourth-order valence-electron chi connectivity index (χ4n) is 2.59. The summed E-state index contributed by atoms with van der Waals surface area (Å²) in [6, 6.07) is 0. The predicted molar refractivity (Wildman–Crippen MR) is 80.9 cm³/mol. The van der Waals surface area contributed by atoms with Crippen LogP contribution in [0, 0.1) is 0 Å². The first-order chi connectivity index (χ1) is 8.74. The highest BCUT2D eigenvalue weighted by Gasteiger charge is 2.23. The summed E-state index contributed by atoms with van der Waals surface area (Å²) in [7, 11) is 0. The Balaban J connectivity index is 3.91. The van der Waals surface area contributed by atoms with E-state index in [9.17, 15) is 0 Å². The van der Waals surface area contributed by atoms with Crippen molar-refractivity contribution >= 4 is 0 Å². The van der Waals surface area contributed by atoms with E-state index in [1.54, 1.807) is 0 Å². The Kier molecular flexibility index (Phi) is 11.9. The lowest BCUT2D eigenvalue weighted by atomic mass is 10.2. The first-order valence-electron chi connectivity index (χ1n) is 8.17. The van der Waals surface area contributed by atoms with E-state index in [1.807, 2.05) is 0 Å². The molecule has 0 saturated carbocycles. The Labute approximate surface area is 115 Å². The molecule has 0 aliphatic rings. The van der Waals surface area contributed by atoms with Crippen LogP contribution in [-0.2, 0) is 4.74 Å². The number of ether oxygens (including phenoxy) is 1. The second-order valence-electron chi connectivity index (χ2n) is 5.50. The maximum absolute atomic E-state index is 5.80. The normalized spacial score (nSPS) is 14.7. The third-order valence-electron chi connectivity index (χ3n) is 3.96.